The molecule has 13 heavy (non-hydrogen) atoms. The summed E-state index contributed by atoms with van der Waals surface area (Å²) < 4.78 is 0. The first-order valence-electron chi connectivity index (χ1n) is 4.93. The Hall–Kier alpha value is -0.570. The molecule has 1 saturated heterocycles. The van der Waals surface area contributed by atoms with Crippen molar-refractivity contribution in [3.05, 3.63) is 0 Å². The Morgan fingerprint density at radius 2 is 2.15 bits per heavy atom. The number of rotatable bonds is 2. The first kappa shape index (κ1) is 10.5. The molecule has 0 aromatic heterocycles. The summed E-state index contributed by atoms with van der Waals surface area (Å²) in [7, 11) is 0. The molecule has 0 aliphatic carbocycles. The summed E-state index contributed by atoms with van der Waals surface area (Å²) in [4.78, 5) is 13.3. The van der Waals surface area contributed by atoms with Crippen LogP contribution in [-0.4, -0.2) is 29.9 Å². The van der Waals surface area contributed by atoms with Gasteiger partial charge in [0.2, 0.25) is 5.91 Å². The van der Waals surface area contributed by atoms with Gasteiger partial charge in [0.25, 0.3) is 0 Å². The lowest BCUT2D eigenvalue weighted by Crippen LogP contribution is -2.43. The van der Waals surface area contributed by atoms with Gasteiger partial charge in [-0.2, -0.15) is 0 Å². The molecular weight excluding hydrogens is 166 g/mol. The standard InChI is InChI=1S/C10H20N2O/c1-10(2,3)7-12-6-4-5-8(12)9(11)13/h8H,4-7H2,1-3H3,(H2,11,13)/i9+1,12+1. The molecule has 0 aromatic carbocycles. The molecule has 0 spiro atoms. The maximum absolute atomic E-state index is 11.1. The molecule has 76 valence electrons. The average Bonchev–Trinajstić information content (AvgIpc) is 2.31. The third-order valence-electron chi connectivity index (χ3n) is 2.37. The summed E-state index contributed by atoms with van der Waals surface area (Å²) in [5.74, 6) is -0.165. The van der Waals surface area contributed by atoms with Gasteiger partial charge in [-0.05, 0) is 24.8 Å². The third-order valence-corrected chi connectivity index (χ3v) is 2.37. The number of primary amides is 1. The molecule has 0 saturated carbocycles. The van der Waals surface area contributed by atoms with E-state index in [1.807, 2.05) is 0 Å². The van der Waals surface area contributed by atoms with Crippen molar-refractivity contribution in [2.45, 2.75) is 39.7 Å². The van der Waals surface area contributed by atoms with Gasteiger partial charge in [0.05, 0.1) is 6.04 Å². The van der Waals surface area contributed by atoms with E-state index < -0.39 is 0 Å². The van der Waals surface area contributed by atoms with E-state index in [9.17, 15) is 4.79 Å². The van der Waals surface area contributed by atoms with Crippen molar-refractivity contribution in [3.63, 3.8) is 0 Å². The van der Waals surface area contributed by atoms with Crippen LogP contribution in [0.1, 0.15) is 33.6 Å². The summed E-state index contributed by atoms with van der Waals surface area (Å²) >= 11 is 0. The van der Waals surface area contributed by atoms with Crippen LogP contribution in [0.3, 0.4) is 0 Å². The van der Waals surface area contributed by atoms with E-state index in [1.165, 1.54) is 0 Å². The quantitative estimate of drug-likeness (QED) is 0.516. The molecule has 1 rings (SSSR count). The Balaban J connectivity index is 2.54. The van der Waals surface area contributed by atoms with E-state index in [2.05, 4.69) is 25.7 Å². The highest BCUT2D eigenvalue weighted by Gasteiger charge is 2.31. The van der Waals surface area contributed by atoms with Gasteiger partial charge in [-0.1, -0.05) is 20.8 Å². The second kappa shape index (κ2) is 3.66. The van der Waals surface area contributed by atoms with E-state index >= 15 is 0 Å². The number of likely N-dealkylation sites (tertiary alicyclic amines) is 1. The molecule has 0 aromatic rings. The zero-order chi connectivity index (χ0) is 10.1. The maximum Gasteiger partial charge on any atom is 0.234 e. The van der Waals surface area contributed by atoms with Gasteiger partial charge in [0.15, 0.2) is 0 Å². The van der Waals surface area contributed by atoms with Crippen LogP contribution in [-0.2, 0) is 4.79 Å². The second-order valence-corrected chi connectivity index (χ2v) is 5.09. The molecule has 3 nitrogen and oxygen atoms in total. The number of hydrogen-bond donors (Lipinski definition) is 1. The smallest absolute Gasteiger partial charge is 0.234 e. The lowest BCUT2D eigenvalue weighted by Gasteiger charge is -2.29. The fourth-order valence-electron chi connectivity index (χ4n) is 1.95. The maximum atomic E-state index is 11.1. The van der Waals surface area contributed by atoms with Gasteiger partial charge in [0, 0.05) is 6.54 Å². The summed E-state index contributed by atoms with van der Waals surface area (Å²) in [6, 6.07) is -0.0146. The molecule has 1 unspecified atom stereocenters. The normalized spacial score (nSPS) is 25.0. The Kier molecular flexibility index (Phi) is 2.96. The van der Waals surface area contributed by atoms with Gasteiger partial charge in [0.1, 0.15) is 0 Å². The van der Waals surface area contributed by atoms with Crippen molar-refractivity contribution in [1.82, 2.24) is 4.90 Å². The van der Waals surface area contributed by atoms with Crippen molar-refractivity contribution >= 4 is 5.91 Å². The van der Waals surface area contributed by atoms with Crippen molar-refractivity contribution in [1.29, 1.82) is 0 Å². The molecule has 1 aliphatic rings. The molecule has 1 heterocycles. The number of nitrogens with two attached hydrogens (primary N) is 1. The molecule has 0 bridgehead atoms. The fourth-order valence-corrected chi connectivity index (χ4v) is 1.95. The minimum Gasteiger partial charge on any atom is -0.368 e. The molecule has 1 amide bonds. The lowest BCUT2D eigenvalue weighted by atomic mass is 9.97. The summed E-state index contributed by atoms with van der Waals surface area (Å²) in [6.07, 6.45) is 2.04. The minimum absolute atomic E-state index is 0.0146. The van der Waals surface area contributed by atoms with E-state index in [0.717, 1.165) is 25.9 Å². The molecular formula is C10H20N2O. The van der Waals surface area contributed by atoms with Crippen LogP contribution in [0.15, 0.2) is 0 Å². The lowest BCUT2D eigenvalue weighted by molar-refractivity contribution is -0.122. The van der Waals surface area contributed by atoms with Crippen LogP contribution in [0, 0.1) is 5.41 Å². The highest BCUT2D eigenvalue weighted by molar-refractivity contribution is 5.80. The number of carbonyl (C=O) groups excluding carboxylic acids is 1. The Morgan fingerprint density at radius 3 is 2.62 bits per heavy atom. The topological polar surface area (TPSA) is 46.3 Å². The number of hydrogen-bond acceptors (Lipinski definition) is 2. The highest BCUT2D eigenvalue weighted by atomic mass is 16.2. The SMILES string of the molecule is CC(C)(C)C[15N]1CCCC1[13C](N)=O. The van der Waals surface area contributed by atoms with Crippen molar-refractivity contribution in [2.75, 3.05) is 13.1 Å². The van der Waals surface area contributed by atoms with Crippen LogP contribution in [0.25, 0.3) is 0 Å². The zero-order valence-electron chi connectivity index (χ0n) is 8.84. The van der Waals surface area contributed by atoms with Crippen LogP contribution in [0.2, 0.25) is 0 Å². The first-order valence-corrected chi connectivity index (χ1v) is 4.93. The van der Waals surface area contributed by atoms with Gasteiger partial charge < -0.3 is 5.73 Å². The average molecular weight is 186 g/mol. The first-order chi connectivity index (χ1) is 5.90. The van der Waals surface area contributed by atoms with E-state index in [-0.39, 0.29) is 17.4 Å². The predicted octanol–water partition coefficient (Wildman–Crippen LogP) is 0.982. The fraction of sp³-hybridized carbons (Fsp3) is 0.900. The Bertz CT molecular complexity index is 196. The molecule has 2 N–H and O–H groups in total. The van der Waals surface area contributed by atoms with Crippen LogP contribution in [0.4, 0.5) is 0 Å². The second-order valence-electron chi connectivity index (χ2n) is 5.09. The Morgan fingerprint density at radius 1 is 1.54 bits per heavy atom. The van der Waals surface area contributed by atoms with E-state index in [1.54, 1.807) is 0 Å². The number of carbonyl (C=O) groups is 1. The van der Waals surface area contributed by atoms with Gasteiger partial charge >= 0.3 is 0 Å². The molecule has 1 aliphatic heterocycles. The Labute approximate surface area is 80.3 Å². The highest BCUT2D eigenvalue weighted by Crippen LogP contribution is 2.23. The molecule has 0 radical (unpaired) electrons. The van der Waals surface area contributed by atoms with Gasteiger partial charge in [-0.25, -0.2) is 0 Å². The van der Waals surface area contributed by atoms with Crippen molar-refractivity contribution < 1.29 is 4.79 Å². The van der Waals surface area contributed by atoms with Gasteiger partial charge in [-0.15, -0.1) is 0 Å². The number of nitrogens with zero attached hydrogens (tertiary/aromatic N) is 1. The monoisotopic (exact) mass is 186 g/mol. The van der Waals surface area contributed by atoms with Crippen LogP contribution < -0.4 is 5.73 Å². The molecule has 1 fully saturated rings. The summed E-state index contributed by atoms with van der Waals surface area (Å²) in [6.45, 7) is 8.53. The summed E-state index contributed by atoms with van der Waals surface area (Å²) in [5, 5.41) is 0. The molecule has 1 atom stereocenters. The largest absolute Gasteiger partial charge is 0.368 e. The van der Waals surface area contributed by atoms with E-state index in [4.69, 9.17) is 5.73 Å². The van der Waals surface area contributed by atoms with E-state index in [0.29, 0.717) is 0 Å². The predicted molar refractivity (Wildman–Crippen MR) is 53.2 cm³/mol. The third kappa shape index (κ3) is 2.99. The van der Waals surface area contributed by atoms with Gasteiger partial charge in [-0.3, -0.25) is 9.69 Å². The molecule has 3 heteroatoms. The minimum atomic E-state index is -0.165. The van der Waals surface area contributed by atoms with Crippen molar-refractivity contribution in [2.24, 2.45) is 11.1 Å². The van der Waals surface area contributed by atoms with Crippen LogP contribution >= 0.6 is 0 Å². The number of amides is 1. The zero-order valence-corrected chi connectivity index (χ0v) is 8.84. The van der Waals surface area contributed by atoms with Crippen LogP contribution in [0.5, 0.6) is 0 Å². The summed E-state index contributed by atoms with van der Waals surface area (Å²) in [5.41, 5.74) is 5.57. The van der Waals surface area contributed by atoms with Crippen molar-refractivity contribution in [3.8, 4) is 0 Å².